The van der Waals surface area contributed by atoms with Crippen molar-refractivity contribution in [2.75, 3.05) is 0 Å². The quantitative estimate of drug-likeness (QED) is 0.600. The minimum Gasteiger partial charge on any atom is -0.298 e. The van der Waals surface area contributed by atoms with Crippen molar-refractivity contribution < 1.29 is 4.79 Å². The molecule has 0 aliphatic rings. The maximum atomic E-state index is 10.7. The molecular formula is C12H6Cl3NO. The molecule has 0 aliphatic heterocycles. The molecule has 17 heavy (non-hydrogen) atoms. The first-order valence-electron chi connectivity index (χ1n) is 4.68. The summed E-state index contributed by atoms with van der Waals surface area (Å²) in [6, 6.07) is 8.25. The van der Waals surface area contributed by atoms with E-state index in [0.29, 0.717) is 27.6 Å². The van der Waals surface area contributed by atoms with Gasteiger partial charge in [0, 0.05) is 11.1 Å². The molecule has 0 saturated heterocycles. The van der Waals surface area contributed by atoms with E-state index in [1.807, 2.05) is 0 Å². The van der Waals surface area contributed by atoms with Crippen LogP contribution in [0.5, 0.6) is 0 Å². The van der Waals surface area contributed by atoms with Crippen LogP contribution in [0.3, 0.4) is 0 Å². The molecule has 86 valence electrons. The fourth-order valence-corrected chi connectivity index (χ4v) is 1.90. The van der Waals surface area contributed by atoms with E-state index in [9.17, 15) is 4.79 Å². The van der Waals surface area contributed by atoms with Gasteiger partial charge >= 0.3 is 0 Å². The van der Waals surface area contributed by atoms with Gasteiger partial charge in [0.2, 0.25) is 0 Å². The number of carbonyl (C=O) groups is 1. The first-order valence-corrected chi connectivity index (χ1v) is 5.82. The van der Waals surface area contributed by atoms with Crippen LogP contribution in [-0.2, 0) is 0 Å². The lowest BCUT2D eigenvalue weighted by molar-refractivity contribution is 0.112. The second-order valence-corrected chi connectivity index (χ2v) is 4.56. The number of benzene rings is 1. The molecule has 2 rings (SSSR count). The highest BCUT2D eigenvalue weighted by Crippen LogP contribution is 2.28. The Morgan fingerprint density at radius 2 is 1.76 bits per heavy atom. The van der Waals surface area contributed by atoms with Crippen molar-refractivity contribution >= 4 is 41.1 Å². The van der Waals surface area contributed by atoms with Crippen LogP contribution in [0.2, 0.25) is 15.2 Å². The number of rotatable bonds is 2. The van der Waals surface area contributed by atoms with Gasteiger partial charge in [0.15, 0.2) is 0 Å². The van der Waals surface area contributed by atoms with E-state index in [4.69, 9.17) is 34.8 Å². The van der Waals surface area contributed by atoms with Gasteiger partial charge in [0.05, 0.1) is 15.7 Å². The van der Waals surface area contributed by atoms with E-state index in [1.54, 1.807) is 24.3 Å². The van der Waals surface area contributed by atoms with E-state index >= 15 is 0 Å². The van der Waals surface area contributed by atoms with Gasteiger partial charge in [0.1, 0.15) is 11.4 Å². The lowest BCUT2D eigenvalue weighted by atomic mass is 10.1. The molecule has 0 aliphatic carbocycles. The summed E-state index contributed by atoms with van der Waals surface area (Å²) in [4.78, 5) is 14.9. The molecule has 0 bridgehead atoms. The third kappa shape index (κ3) is 2.78. The van der Waals surface area contributed by atoms with Gasteiger partial charge in [-0.1, -0.05) is 40.9 Å². The summed E-state index contributed by atoms with van der Waals surface area (Å²) < 4.78 is 0. The lowest BCUT2D eigenvalue weighted by Gasteiger charge is -2.04. The Balaban J connectivity index is 2.55. The Bertz CT molecular complexity index is 584. The number of carbonyl (C=O) groups excluding carboxylic acids is 1. The molecule has 2 nitrogen and oxygen atoms in total. The van der Waals surface area contributed by atoms with Crippen LogP contribution in [-0.4, -0.2) is 11.3 Å². The maximum Gasteiger partial charge on any atom is 0.150 e. The standard InChI is InChI=1S/C12H6Cl3NO/c13-9-2-1-8(5-10(9)14)11-3-7(6-17)4-12(15)16-11/h1-6H. The molecule has 0 atom stereocenters. The lowest BCUT2D eigenvalue weighted by Crippen LogP contribution is -1.89. The highest BCUT2D eigenvalue weighted by molar-refractivity contribution is 6.42. The second-order valence-electron chi connectivity index (χ2n) is 3.36. The topological polar surface area (TPSA) is 30.0 Å². The van der Waals surface area contributed by atoms with Crippen molar-refractivity contribution in [1.29, 1.82) is 0 Å². The normalized spacial score (nSPS) is 10.3. The highest BCUT2D eigenvalue weighted by atomic mass is 35.5. The van der Waals surface area contributed by atoms with E-state index in [1.165, 1.54) is 6.07 Å². The molecule has 0 fully saturated rings. The first kappa shape index (κ1) is 12.4. The van der Waals surface area contributed by atoms with Gasteiger partial charge in [-0.3, -0.25) is 4.79 Å². The number of hydrogen-bond donors (Lipinski definition) is 0. The predicted molar refractivity (Wildman–Crippen MR) is 70.1 cm³/mol. The van der Waals surface area contributed by atoms with Crippen molar-refractivity contribution in [3.8, 4) is 11.3 Å². The summed E-state index contributed by atoms with van der Waals surface area (Å²) in [6.45, 7) is 0. The molecule has 0 saturated carbocycles. The largest absolute Gasteiger partial charge is 0.298 e. The van der Waals surface area contributed by atoms with E-state index < -0.39 is 0 Å². The summed E-state index contributed by atoms with van der Waals surface area (Å²) in [5.74, 6) is 0. The Hall–Kier alpha value is -1.09. The monoisotopic (exact) mass is 285 g/mol. The zero-order valence-corrected chi connectivity index (χ0v) is 10.7. The fraction of sp³-hybridized carbons (Fsp3) is 0. The number of nitrogens with zero attached hydrogens (tertiary/aromatic N) is 1. The van der Waals surface area contributed by atoms with E-state index in [-0.39, 0.29) is 5.15 Å². The van der Waals surface area contributed by atoms with Gasteiger partial charge in [0.25, 0.3) is 0 Å². The molecule has 5 heteroatoms. The van der Waals surface area contributed by atoms with Crippen LogP contribution in [0.25, 0.3) is 11.3 Å². The summed E-state index contributed by atoms with van der Waals surface area (Å²) in [5, 5.41) is 1.15. The SMILES string of the molecule is O=Cc1cc(Cl)nc(-c2ccc(Cl)c(Cl)c2)c1. The van der Waals surface area contributed by atoms with Crippen molar-refractivity contribution in [3.63, 3.8) is 0 Å². The number of aldehydes is 1. The summed E-state index contributed by atoms with van der Waals surface area (Å²) in [5.41, 5.74) is 1.80. The molecular weight excluding hydrogens is 280 g/mol. The molecule has 0 radical (unpaired) electrons. The van der Waals surface area contributed by atoms with Crippen LogP contribution in [0.15, 0.2) is 30.3 Å². The molecule has 0 amide bonds. The van der Waals surface area contributed by atoms with Crippen LogP contribution in [0, 0.1) is 0 Å². The second kappa shape index (κ2) is 5.05. The van der Waals surface area contributed by atoms with E-state index in [0.717, 1.165) is 5.56 Å². The van der Waals surface area contributed by atoms with Crippen LogP contribution in [0.1, 0.15) is 10.4 Å². The maximum absolute atomic E-state index is 10.7. The molecule has 2 aromatic rings. The summed E-state index contributed by atoms with van der Waals surface area (Å²) >= 11 is 17.6. The average Bonchev–Trinajstić information content (AvgIpc) is 2.32. The molecule has 1 aromatic heterocycles. The van der Waals surface area contributed by atoms with Gasteiger partial charge in [-0.2, -0.15) is 0 Å². The molecule has 0 spiro atoms. The van der Waals surface area contributed by atoms with Gasteiger partial charge in [-0.25, -0.2) is 4.98 Å². The molecule has 0 N–H and O–H groups in total. The number of aromatic nitrogens is 1. The molecule has 1 heterocycles. The number of pyridine rings is 1. The zero-order chi connectivity index (χ0) is 12.4. The van der Waals surface area contributed by atoms with Crippen LogP contribution >= 0.6 is 34.8 Å². The molecule has 1 aromatic carbocycles. The fourth-order valence-electron chi connectivity index (χ4n) is 1.39. The Kier molecular flexibility index (Phi) is 3.67. The van der Waals surface area contributed by atoms with E-state index in [2.05, 4.69) is 4.98 Å². The van der Waals surface area contributed by atoms with Crippen molar-refractivity contribution in [3.05, 3.63) is 51.1 Å². The van der Waals surface area contributed by atoms with Crippen molar-refractivity contribution in [1.82, 2.24) is 4.98 Å². The first-order chi connectivity index (χ1) is 8.10. The third-order valence-corrected chi connectivity index (χ3v) is 3.10. The Morgan fingerprint density at radius 3 is 2.41 bits per heavy atom. The third-order valence-electron chi connectivity index (χ3n) is 2.17. The predicted octanol–water partition coefficient (Wildman–Crippen LogP) is 4.52. The summed E-state index contributed by atoms with van der Waals surface area (Å²) in [6.07, 6.45) is 0.717. The minimum atomic E-state index is 0.260. The van der Waals surface area contributed by atoms with Gasteiger partial charge in [-0.05, 0) is 24.3 Å². The highest BCUT2D eigenvalue weighted by Gasteiger charge is 2.06. The van der Waals surface area contributed by atoms with Crippen LogP contribution < -0.4 is 0 Å². The van der Waals surface area contributed by atoms with Crippen molar-refractivity contribution in [2.45, 2.75) is 0 Å². The minimum absolute atomic E-state index is 0.260. The zero-order valence-electron chi connectivity index (χ0n) is 8.45. The number of halogens is 3. The molecule has 0 unspecified atom stereocenters. The Morgan fingerprint density at radius 1 is 1.00 bits per heavy atom. The summed E-state index contributed by atoms with van der Waals surface area (Å²) in [7, 11) is 0. The smallest absolute Gasteiger partial charge is 0.150 e. The van der Waals surface area contributed by atoms with Gasteiger partial charge < -0.3 is 0 Å². The number of hydrogen-bond acceptors (Lipinski definition) is 2. The van der Waals surface area contributed by atoms with Crippen LogP contribution in [0.4, 0.5) is 0 Å². The van der Waals surface area contributed by atoms with Gasteiger partial charge in [-0.15, -0.1) is 0 Å². The average molecular weight is 287 g/mol. The Labute approximate surface area is 113 Å². The van der Waals surface area contributed by atoms with Crippen molar-refractivity contribution in [2.24, 2.45) is 0 Å².